The molecule has 5 nitrogen and oxygen atoms in total. The summed E-state index contributed by atoms with van der Waals surface area (Å²) in [5, 5.41) is 17.8. The van der Waals surface area contributed by atoms with Crippen molar-refractivity contribution in [1.82, 2.24) is 10.2 Å². The first-order valence-corrected chi connectivity index (χ1v) is 4.86. The van der Waals surface area contributed by atoms with Gasteiger partial charge in [0.05, 0.1) is 10.5 Å². The number of aromatic amines is 1. The van der Waals surface area contributed by atoms with Crippen molar-refractivity contribution in [2.45, 2.75) is 13.8 Å². The molecule has 0 spiro atoms. The number of rotatable bonds is 2. The Balaban J connectivity index is 2.64. The van der Waals surface area contributed by atoms with Crippen LogP contribution >= 0.6 is 0 Å². The standard InChI is InChI=1S/C11H11N3O2/c1-7-8(2)12-13-11(7)9-5-3-4-6-10(9)14(15)16/h3-6H,1-2H3,(H,12,13). The Morgan fingerprint density at radius 1 is 1.31 bits per heavy atom. The second-order valence-corrected chi connectivity index (χ2v) is 3.60. The lowest BCUT2D eigenvalue weighted by molar-refractivity contribution is -0.384. The van der Waals surface area contributed by atoms with Crippen LogP contribution in [0.5, 0.6) is 0 Å². The fourth-order valence-corrected chi connectivity index (χ4v) is 1.58. The van der Waals surface area contributed by atoms with Crippen LogP contribution in [0.1, 0.15) is 11.3 Å². The molecule has 0 bridgehead atoms. The number of nitro benzene ring substituents is 1. The van der Waals surface area contributed by atoms with E-state index < -0.39 is 4.92 Å². The number of nitrogens with zero attached hydrogens (tertiary/aromatic N) is 2. The maximum Gasteiger partial charge on any atom is 0.278 e. The summed E-state index contributed by atoms with van der Waals surface area (Å²) in [5.41, 5.74) is 3.14. The van der Waals surface area contributed by atoms with E-state index in [1.165, 1.54) is 6.07 Å². The van der Waals surface area contributed by atoms with Crippen molar-refractivity contribution in [3.8, 4) is 11.3 Å². The van der Waals surface area contributed by atoms with Crippen LogP contribution in [0.4, 0.5) is 5.69 Å². The number of hydrogen-bond donors (Lipinski definition) is 1. The molecule has 82 valence electrons. The fourth-order valence-electron chi connectivity index (χ4n) is 1.58. The topological polar surface area (TPSA) is 71.8 Å². The number of hydrogen-bond acceptors (Lipinski definition) is 3. The van der Waals surface area contributed by atoms with Gasteiger partial charge in [0.25, 0.3) is 5.69 Å². The lowest BCUT2D eigenvalue weighted by atomic mass is 10.1. The summed E-state index contributed by atoms with van der Waals surface area (Å²) >= 11 is 0. The van der Waals surface area contributed by atoms with E-state index in [0.29, 0.717) is 11.3 Å². The highest BCUT2D eigenvalue weighted by atomic mass is 16.6. The molecule has 0 saturated heterocycles. The van der Waals surface area contributed by atoms with Gasteiger partial charge in [0.1, 0.15) is 5.69 Å². The van der Waals surface area contributed by atoms with Gasteiger partial charge >= 0.3 is 0 Å². The molecule has 1 heterocycles. The van der Waals surface area contributed by atoms with Crippen molar-refractivity contribution in [2.75, 3.05) is 0 Å². The first-order valence-electron chi connectivity index (χ1n) is 4.86. The Hall–Kier alpha value is -2.17. The number of aromatic nitrogens is 2. The van der Waals surface area contributed by atoms with Gasteiger partial charge in [-0.15, -0.1) is 0 Å². The van der Waals surface area contributed by atoms with Crippen molar-refractivity contribution in [3.63, 3.8) is 0 Å². The van der Waals surface area contributed by atoms with E-state index in [0.717, 1.165) is 11.3 Å². The maximum absolute atomic E-state index is 10.9. The number of nitro groups is 1. The van der Waals surface area contributed by atoms with E-state index in [1.807, 2.05) is 13.8 Å². The highest BCUT2D eigenvalue weighted by Crippen LogP contribution is 2.30. The average molecular weight is 217 g/mol. The van der Waals surface area contributed by atoms with Gasteiger partial charge in [0, 0.05) is 11.8 Å². The van der Waals surface area contributed by atoms with Gasteiger partial charge < -0.3 is 0 Å². The molecule has 0 fully saturated rings. The number of para-hydroxylation sites is 1. The molecule has 0 aliphatic heterocycles. The summed E-state index contributed by atoms with van der Waals surface area (Å²) in [6.45, 7) is 3.78. The molecule has 0 aliphatic rings. The van der Waals surface area contributed by atoms with Gasteiger partial charge in [0.2, 0.25) is 0 Å². The number of H-pyrrole nitrogens is 1. The number of benzene rings is 1. The molecular weight excluding hydrogens is 206 g/mol. The average Bonchev–Trinajstić information content (AvgIpc) is 2.60. The first-order chi connectivity index (χ1) is 7.61. The predicted molar refractivity (Wildman–Crippen MR) is 60.2 cm³/mol. The molecule has 16 heavy (non-hydrogen) atoms. The third-order valence-corrected chi connectivity index (χ3v) is 2.61. The zero-order valence-electron chi connectivity index (χ0n) is 9.02. The smallest absolute Gasteiger partial charge is 0.278 e. The third-order valence-electron chi connectivity index (χ3n) is 2.61. The van der Waals surface area contributed by atoms with E-state index in [4.69, 9.17) is 0 Å². The monoisotopic (exact) mass is 217 g/mol. The Bertz CT molecular complexity index is 546. The van der Waals surface area contributed by atoms with Crippen LogP contribution in [-0.2, 0) is 0 Å². The van der Waals surface area contributed by atoms with Crippen LogP contribution in [-0.4, -0.2) is 15.1 Å². The SMILES string of the molecule is Cc1[nH]nc(-c2ccccc2[N+](=O)[O-])c1C. The lowest BCUT2D eigenvalue weighted by Gasteiger charge is -2.00. The summed E-state index contributed by atoms with van der Waals surface area (Å²) in [6.07, 6.45) is 0. The van der Waals surface area contributed by atoms with Crippen molar-refractivity contribution in [2.24, 2.45) is 0 Å². The number of aryl methyl sites for hydroxylation is 1. The Morgan fingerprint density at radius 3 is 2.56 bits per heavy atom. The summed E-state index contributed by atoms with van der Waals surface area (Å²) in [4.78, 5) is 10.5. The molecule has 2 rings (SSSR count). The highest BCUT2D eigenvalue weighted by molar-refractivity contribution is 5.73. The zero-order chi connectivity index (χ0) is 11.7. The van der Waals surface area contributed by atoms with Crippen LogP contribution in [0.15, 0.2) is 24.3 Å². The van der Waals surface area contributed by atoms with Crippen LogP contribution < -0.4 is 0 Å². The van der Waals surface area contributed by atoms with E-state index in [9.17, 15) is 10.1 Å². The Labute approximate surface area is 92.3 Å². The maximum atomic E-state index is 10.9. The van der Waals surface area contributed by atoms with Gasteiger partial charge in [0.15, 0.2) is 0 Å². The molecule has 1 aromatic heterocycles. The van der Waals surface area contributed by atoms with E-state index in [-0.39, 0.29) is 5.69 Å². The van der Waals surface area contributed by atoms with Crippen LogP contribution in [0, 0.1) is 24.0 Å². The minimum Gasteiger partial charge on any atom is -0.282 e. The van der Waals surface area contributed by atoms with E-state index in [2.05, 4.69) is 10.2 Å². The van der Waals surface area contributed by atoms with E-state index in [1.54, 1.807) is 18.2 Å². The summed E-state index contributed by atoms with van der Waals surface area (Å²) in [7, 11) is 0. The molecule has 0 amide bonds. The quantitative estimate of drug-likeness (QED) is 0.620. The molecule has 2 aromatic rings. The fraction of sp³-hybridized carbons (Fsp3) is 0.182. The molecule has 0 unspecified atom stereocenters. The Kier molecular flexibility index (Phi) is 2.44. The largest absolute Gasteiger partial charge is 0.282 e. The molecule has 0 atom stereocenters. The van der Waals surface area contributed by atoms with Crippen LogP contribution in [0.3, 0.4) is 0 Å². The van der Waals surface area contributed by atoms with Crippen LogP contribution in [0.2, 0.25) is 0 Å². The van der Waals surface area contributed by atoms with Crippen molar-refractivity contribution < 1.29 is 4.92 Å². The van der Waals surface area contributed by atoms with Gasteiger partial charge in [-0.05, 0) is 25.5 Å². The molecule has 0 radical (unpaired) electrons. The van der Waals surface area contributed by atoms with Gasteiger partial charge in [-0.25, -0.2) is 0 Å². The first kappa shape index (κ1) is 10.4. The van der Waals surface area contributed by atoms with Crippen molar-refractivity contribution in [3.05, 3.63) is 45.6 Å². The molecule has 5 heteroatoms. The number of nitrogens with one attached hydrogen (secondary N) is 1. The van der Waals surface area contributed by atoms with Gasteiger partial charge in [-0.3, -0.25) is 15.2 Å². The summed E-state index contributed by atoms with van der Waals surface area (Å²) in [5.74, 6) is 0. The molecule has 1 aromatic carbocycles. The minimum absolute atomic E-state index is 0.0806. The molecule has 0 aliphatic carbocycles. The normalized spacial score (nSPS) is 10.4. The van der Waals surface area contributed by atoms with Gasteiger partial charge in [-0.1, -0.05) is 12.1 Å². The third kappa shape index (κ3) is 1.56. The highest BCUT2D eigenvalue weighted by Gasteiger charge is 2.18. The second-order valence-electron chi connectivity index (χ2n) is 3.60. The second kappa shape index (κ2) is 3.77. The zero-order valence-corrected chi connectivity index (χ0v) is 9.02. The van der Waals surface area contributed by atoms with E-state index >= 15 is 0 Å². The molecule has 0 saturated carbocycles. The minimum atomic E-state index is -0.390. The molecular formula is C11H11N3O2. The molecule has 1 N–H and O–H groups in total. The van der Waals surface area contributed by atoms with Gasteiger partial charge in [-0.2, -0.15) is 5.10 Å². The Morgan fingerprint density at radius 2 is 2.00 bits per heavy atom. The van der Waals surface area contributed by atoms with Crippen LogP contribution in [0.25, 0.3) is 11.3 Å². The van der Waals surface area contributed by atoms with Crippen molar-refractivity contribution >= 4 is 5.69 Å². The summed E-state index contributed by atoms with van der Waals surface area (Å²) < 4.78 is 0. The lowest BCUT2D eigenvalue weighted by Crippen LogP contribution is -1.92. The van der Waals surface area contributed by atoms with Crippen molar-refractivity contribution in [1.29, 1.82) is 0 Å². The predicted octanol–water partition coefficient (Wildman–Crippen LogP) is 2.60. The summed E-state index contributed by atoms with van der Waals surface area (Å²) in [6, 6.07) is 6.61.